The number of amides is 3. The van der Waals surface area contributed by atoms with E-state index in [1.165, 1.54) is 39.0 Å². The third kappa shape index (κ3) is 10.6. The summed E-state index contributed by atoms with van der Waals surface area (Å²) < 4.78 is 21.5. The first-order valence-electron chi connectivity index (χ1n) is 16.1. The molecule has 11 nitrogen and oxygen atoms in total. The van der Waals surface area contributed by atoms with Crippen LogP contribution in [0.25, 0.3) is 0 Å². The summed E-state index contributed by atoms with van der Waals surface area (Å²) in [7, 11) is 4.33. The van der Waals surface area contributed by atoms with Gasteiger partial charge >= 0.3 is 6.09 Å². The van der Waals surface area contributed by atoms with Crippen molar-refractivity contribution in [1.29, 1.82) is 0 Å². The third-order valence-electron chi connectivity index (χ3n) is 7.48. The minimum Gasteiger partial charge on any atom is -0.493 e. The van der Waals surface area contributed by atoms with Crippen molar-refractivity contribution in [3.8, 4) is 17.2 Å². The second-order valence-electron chi connectivity index (χ2n) is 12.4. The van der Waals surface area contributed by atoms with Gasteiger partial charge in [0.25, 0.3) is 11.8 Å². The van der Waals surface area contributed by atoms with E-state index in [0.717, 1.165) is 30.4 Å². The van der Waals surface area contributed by atoms with Gasteiger partial charge in [-0.2, -0.15) is 0 Å². The van der Waals surface area contributed by atoms with Gasteiger partial charge in [-0.05, 0) is 100 Å². The van der Waals surface area contributed by atoms with E-state index in [4.69, 9.17) is 18.9 Å². The van der Waals surface area contributed by atoms with Crippen LogP contribution in [0.2, 0.25) is 0 Å². The third-order valence-corrected chi connectivity index (χ3v) is 7.48. The molecule has 0 bridgehead atoms. The molecule has 0 spiro atoms. The maximum atomic E-state index is 13.4. The van der Waals surface area contributed by atoms with Crippen molar-refractivity contribution in [3.63, 3.8) is 0 Å². The van der Waals surface area contributed by atoms with E-state index in [1.54, 1.807) is 39.0 Å². The first kappa shape index (κ1) is 37.0. The quantitative estimate of drug-likeness (QED) is 0.111. The van der Waals surface area contributed by atoms with Crippen LogP contribution >= 0.6 is 0 Å². The highest BCUT2D eigenvalue weighted by molar-refractivity contribution is 6.10. The van der Waals surface area contributed by atoms with Crippen molar-refractivity contribution in [1.82, 2.24) is 10.6 Å². The number of benzene rings is 4. The van der Waals surface area contributed by atoms with Gasteiger partial charge in [0.1, 0.15) is 5.60 Å². The summed E-state index contributed by atoms with van der Waals surface area (Å²) >= 11 is 0. The summed E-state index contributed by atoms with van der Waals surface area (Å²) in [4.78, 5) is 43.9. The molecule has 3 amide bonds. The number of aliphatic imine (C=N–C) groups is 1. The number of nitrogens with one attached hydrogen (secondary N) is 3. The lowest BCUT2D eigenvalue weighted by Gasteiger charge is -2.20. The molecule has 4 aromatic rings. The fraction of sp³-hybridized carbons (Fsp3) is 0.282. The summed E-state index contributed by atoms with van der Waals surface area (Å²) in [5, 5.41) is 8.09. The van der Waals surface area contributed by atoms with Crippen molar-refractivity contribution in [3.05, 3.63) is 113 Å². The lowest BCUT2D eigenvalue weighted by atomic mass is 10.0. The molecule has 3 N–H and O–H groups in total. The van der Waals surface area contributed by atoms with Gasteiger partial charge in [-0.15, -0.1) is 0 Å². The Morgan fingerprint density at radius 3 is 1.90 bits per heavy atom. The van der Waals surface area contributed by atoms with Crippen LogP contribution in [0.1, 0.15) is 64.6 Å². The summed E-state index contributed by atoms with van der Waals surface area (Å²) in [6.07, 6.45) is 2.08. The molecule has 11 heteroatoms. The summed E-state index contributed by atoms with van der Waals surface area (Å²) in [6.45, 7) is 7.00. The van der Waals surface area contributed by atoms with E-state index in [1.807, 2.05) is 49.4 Å². The van der Waals surface area contributed by atoms with Gasteiger partial charge in [0.2, 0.25) is 11.7 Å². The van der Waals surface area contributed by atoms with Crippen molar-refractivity contribution < 1.29 is 33.3 Å². The number of carbonyl (C=O) groups is 3. The van der Waals surface area contributed by atoms with E-state index < -0.39 is 17.6 Å². The van der Waals surface area contributed by atoms with Crippen molar-refractivity contribution in [2.45, 2.75) is 52.6 Å². The number of hydrogen-bond acceptors (Lipinski definition) is 8. The topological polar surface area (TPSA) is 137 Å². The standard InChI is InChI=1S/C39H44N4O7/c1-25-16-21-30(24-31(25)41-35(44)28-19-17-27(18-20-28)15-11-14-26-12-9-8-10-13-26)40-37(43-38(46)50-39(2,3)4)42-36(45)29-22-32(47-5)34(49-7)33(23-29)48-6/h8-10,12-13,16-24H,11,14-15H2,1-7H3,(H,41,44)(H2,40,42,43,45,46). The number of hydrogen-bond donors (Lipinski definition) is 3. The number of methoxy groups -OCH3 is 3. The second kappa shape index (κ2) is 17.0. The van der Waals surface area contributed by atoms with E-state index in [2.05, 4.69) is 33.1 Å². The zero-order chi connectivity index (χ0) is 36.3. The number of carbonyl (C=O) groups excluding carboxylic acids is 3. The highest BCUT2D eigenvalue weighted by Gasteiger charge is 2.21. The van der Waals surface area contributed by atoms with Gasteiger partial charge in [-0.25, -0.2) is 9.79 Å². The number of ether oxygens (including phenoxy) is 4. The lowest BCUT2D eigenvalue weighted by molar-refractivity contribution is 0.0561. The average Bonchev–Trinajstić information content (AvgIpc) is 3.08. The Bertz CT molecular complexity index is 1810. The number of aryl methyl sites for hydroxylation is 3. The molecule has 4 rings (SSSR count). The summed E-state index contributed by atoms with van der Waals surface area (Å²) in [6, 6.07) is 26.0. The highest BCUT2D eigenvalue weighted by atomic mass is 16.6. The molecule has 0 atom stereocenters. The molecule has 0 aliphatic rings. The SMILES string of the molecule is COc1cc(C(=O)NC(=Nc2ccc(C)c(NC(=O)c3ccc(CCCc4ccccc4)cc3)c2)NC(=O)OC(C)(C)C)cc(OC)c1OC. The Hall–Kier alpha value is -5.84. The van der Waals surface area contributed by atoms with Crippen LogP contribution < -0.4 is 30.2 Å². The zero-order valence-electron chi connectivity index (χ0n) is 29.5. The zero-order valence-corrected chi connectivity index (χ0v) is 29.5. The van der Waals surface area contributed by atoms with Crippen molar-refractivity contribution >= 4 is 35.2 Å². The molecular weight excluding hydrogens is 636 g/mol. The number of anilines is 1. The molecule has 0 saturated carbocycles. The normalized spacial score (nSPS) is 11.3. The first-order valence-corrected chi connectivity index (χ1v) is 16.1. The lowest BCUT2D eigenvalue weighted by Crippen LogP contribution is -2.45. The number of rotatable bonds is 11. The van der Waals surface area contributed by atoms with Crippen LogP contribution in [0.3, 0.4) is 0 Å². The van der Waals surface area contributed by atoms with Gasteiger partial charge in [0.15, 0.2) is 11.5 Å². The largest absolute Gasteiger partial charge is 0.493 e. The number of alkyl carbamates (subject to hydrolysis) is 1. The summed E-state index contributed by atoms with van der Waals surface area (Å²) in [5.41, 5.74) is 3.96. The van der Waals surface area contributed by atoms with Gasteiger partial charge in [-0.3, -0.25) is 20.2 Å². The number of guanidine groups is 1. The molecule has 0 aliphatic heterocycles. The molecule has 0 heterocycles. The van der Waals surface area contributed by atoms with Crippen LogP contribution in [0, 0.1) is 6.92 Å². The maximum absolute atomic E-state index is 13.4. The minimum atomic E-state index is -0.828. The Kier molecular flexibility index (Phi) is 12.6. The predicted octanol–water partition coefficient (Wildman–Crippen LogP) is 7.39. The molecule has 4 aromatic carbocycles. The van der Waals surface area contributed by atoms with Gasteiger partial charge in [0.05, 0.1) is 27.0 Å². The van der Waals surface area contributed by atoms with Crippen molar-refractivity contribution in [2.24, 2.45) is 4.99 Å². The second-order valence-corrected chi connectivity index (χ2v) is 12.4. The van der Waals surface area contributed by atoms with Crippen LogP contribution in [0.5, 0.6) is 17.2 Å². The molecule has 262 valence electrons. The Balaban J connectivity index is 1.52. The molecular formula is C39H44N4O7. The molecule has 0 fully saturated rings. The predicted molar refractivity (Wildman–Crippen MR) is 194 cm³/mol. The molecule has 0 radical (unpaired) electrons. The summed E-state index contributed by atoms with van der Waals surface area (Å²) in [5.74, 6) is -0.256. The Morgan fingerprint density at radius 1 is 0.700 bits per heavy atom. The molecule has 50 heavy (non-hydrogen) atoms. The van der Waals surface area contributed by atoms with Crippen LogP contribution in [0.15, 0.2) is 89.9 Å². The molecule has 0 aromatic heterocycles. The van der Waals surface area contributed by atoms with E-state index in [0.29, 0.717) is 22.7 Å². The monoisotopic (exact) mass is 680 g/mol. The first-order chi connectivity index (χ1) is 23.9. The maximum Gasteiger partial charge on any atom is 0.414 e. The molecule has 0 aliphatic carbocycles. The fourth-order valence-corrected chi connectivity index (χ4v) is 4.98. The van der Waals surface area contributed by atoms with Crippen LogP contribution in [-0.2, 0) is 17.6 Å². The molecule has 0 unspecified atom stereocenters. The Morgan fingerprint density at radius 2 is 1.32 bits per heavy atom. The molecule has 0 saturated heterocycles. The fourth-order valence-electron chi connectivity index (χ4n) is 4.98. The number of nitrogens with zero attached hydrogens (tertiary/aromatic N) is 1. The Labute approximate surface area is 293 Å². The minimum absolute atomic E-state index is 0.150. The smallest absolute Gasteiger partial charge is 0.414 e. The van der Waals surface area contributed by atoms with E-state index in [9.17, 15) is 14.4 Å². The van der Waals surface area contributed by atoms with Gasteiger partial charge in [0, 0.05) is 16.8 Å². The van der Waals surface area contributed by atoms with E-state index >= 15 is 0 Å². The van der Waals surface area contributed by atoms with E-state index in [-0.39, 0.29) is 28.9 Å². The van der Waals surface area contributed by atoms with Crippen LogP contribution in [0.4, 0.5) is 16.2 Å². The van der Waals surface area contributed by atoms with Crippen molar-refractivity contribution in [2.75, 3.05) is 26.6 Å². The van der Waals surface area contributed by atoms with Crippen LogP contribution in [-0.4, -0.2) is 50.8 Å². The van der Waals surface area contributed by atoms with Gasteiger partial charge in [-0.1, -0.05) is 48.5 Å². The average molecular weight is 681 g/mol. The van der Waals surface area contributed by atoms with Gasteiger partial charge < -0.3 is 24.3 Å². The highest BCUT2D eigenvalue weighted by Crippen LogP contribution is 2.38.